The van der Waals surface area contributed by atoms with Crippen LogP contribution in [0.25, 0.3) is 0 Å². The number of likely N-dealkylation sites (tertiary alicyclic amines) is 1. The monoisotopic (exact) mass is 801 g/mol. The summed E-state index contributed by atoms with van der Waals surface area (Å²) in [4.78, 5) is 72.8. The van der Waals surface area contributed by atoms with Crippen molar-refractivity contribution in [1.29, 1.82) is 0 Å². The summed E-state index contributed by atoms with van der Waals surface area (Å²) in [6, 6.07) is 0.371. The number of hydrogen-bond donors (Lipinski definition) is 4. The van der Waals surface area contributed by atoms with Crippen LogP contribution in [0.4, 0.5) is 4.79 Å². The summed E-state index contributed by atoms with van der Waals surface area (Å²) < 4.78 is 26.0. The standard InChI is InChI=1S/C41H63N5O7S2/c1-38(2,3)55(52,53)25-41(19-11-8-12-20-41)45-37(51)44-33(40(6)17-9-7-10-18-40)36(50)46-24-28-30(39(28,4)5)31(46)34(48)43-29(22-26-15-16-26)32(47)35(49)42-23-27-14-13-21-54-27/h13-14,21,26,28-31,33H,7-12,15-20,22-25H2,1-6H3,(H,42,49)(H,43,48)(H2,44,45,51)/t28-,29?,30-,31-,33+/m0/s1. The number of amides is 5. The number of piperidine rings is 1. The molecule has 14 heteroatoms. The number of hydrogen-bond acceptors (Lipinski definition) is 8. The third-order valence-corrected chi connectivity index (χ3v) is 17.4. The van der Waals surface area contributed by atoms with Gasteiger partial charge in [-0.1, -0.05) is 78.2 Å². The van der Waals surface area contributed by atoms with Gasteiger partial charge in [-0.25, -0.2) is 13.2 Å². The normalized spacial score (nSPS) is 26.5. The van der Waals surface area contributed by atoms with E-state index < -0.39 is 67.3 Å². The van der Waals surface area contributed by atoms with E-state index in [9.17, 15) is 27.6 Å². The number of carbonyl (C=O) groups excluding carboxylic acids is 5. The minimum Gasteiger partial charge on any atom is -0.345 e. The highest BCUT2D eigenvalue weighted by Gasteiger charge is 2.70. The molecule has 5 amide bonds. The van der Waals surface area contributed by atoms with E-state index in [1.165, 1.54) is 11.3 Å². The lowest BCUT2D eigenvalue weighted by Gasteiger charge is -2.44. The summed E-state index contributed by atoms with van der Waals surface area (Å²) in [5.41, 5.74) is -1.73. The van der Waals surface area contributed by atoms with Gasteiger partial charge in [-0.3, -0.25) is 19.2 Å². The lowest BCUT2D eigenvalue weighted by Crippen LogP contribution is -2.65. The molecule has 0 radical (unpaired) electrons. The third-order valence-electron chi connectivity index (χ3n) is 13.7. The molecule has 1 aliphatic heterocycles. The number of nitrogens with zero attached hydrogens (tertiary/aromatic N) is 1. The van der Waals surface area contributed by atoms with E-state index in [1.807, 2.05) is 24.4 Å². The van der Waals surface area contributed by atoms with Crippen LogP contribution in [0.5, 0.6) is 0 Å². The molecule has 4 N–H and O–H groups in total. The van der Waals surface area contributed by atoms with Gasteiger partial charge in [-0.05, 0) is 92.9 Å². The van der Waals surface area contributed by atoms with Gasteiger partial charge in [0.15, 0.2) is 9.84 Å². The highest BCUT2D eigenvalue weighted by atomic mass is 32.2. The maximum absolute atomic E-state index is 15.0. The second-order valence-electron chi connectivity index (χ2n) is 19.2. The highest BCUT2D eigenvalue weighted by molar-refractivity contribution is 7.92. The molecule has 5 aliphatic rings. The molecular weight excluding hydrogens is 739 g/mol. The van der Waals surface area contributed by atoms with Crippen molar-refractivity contribution in [3.63, 3.8) is 0 Å². The number of carbonyl (C=O) groups is 5. The molecule has 0 bridgehead atoms. The van der Waals surface area contributed by atoms with E-state index in [0.717, 1.165) is 69.1 Å². The number of Topliss-reactive ketones (excluding diaryl/α,β-unsaturated/α-hetero) is 1. The number of fused-ring (bicyclic) bond motifs is 1. The van der Waals surface area contributed by atoms with E-state index in [4.69, 9.17) is 0 Å². The summed E-state index contributed by atoms with van der Waals surface area (Å²) in [5.74, 6) is -2.20. The summed E-state index contributed by atoms with van der Waals surface area (Å²) >= 11 is 1.48. The number of urea groups is 1. The Balaban J connectivity index is 1.22. The van der Waals surface area contributed by atoms with Crippen LogP contribution in [0.15, 0.2) is 17.5 Å². The Morgan fingerprint density at radius 2 is 1.56 bits per heavy atom. The number of thiophene rings is 1. The molecule has 12 nitrogen and oxygen atoms in total. The van der Waals surface area contributed by atoms with Crippen molar-refractivity contribution in [2.24, 2.45) is 28.6 Å². The molecule has 1 saturated heterocycles. The Kier molecular flexibility index (Phi) is 11.9. The topological polar surface area (TPSA) is 171 Å². The largest absolute Gasteiger partial charge is 0.345 e. The van der Waals surface area contributed by atoms with E-state index in [0.29, 0.717) is 25.8 Å². The number of ketones is 1. The smallest absolute Gasteiger partial charge is 0.315 e. The van der Waals surface area contributed by atoms with Crippen LogP contribution in [0, 0.1) is 28.6 Å². The van der Waals surface area contributed by atoms with Gasteiger partial charge in [0, 0.05) is 11.4 Å². The van der Waals surface area contributed by atoms with E-state index in [-0.39, 0.29) is 41.4 Å². The molecule has 1 unspecified atom stereocenters. The molecule has 55 heavy (non-hydrogen) atoms. The molecule has 0 spiro atoms. The van der Waals surface area contributed by atoms with Gasteiger partial charge in [0.25, 0.3) is 5.91 Å². The SMILES string of the molecule is CC1([C@H](NC(=O)NC2(CS(=O)(=O)C(C)(C)C)CCCCC2)C(=O)N2C[C@H]3[C@@H]([C@H]2C(=O)NC(CC2CC2)C(=O)C(=O)NCc2cccs2)C3(C)C)CCCCC1. The van der Waals surface area contributed by atoms with Crippen LogP contribution >= 0.6 is 11.3 Å². The first kappa shape index (κ1) is 41.6. The van der Waals surface area contributed by atoms with E-state index in [2.05, 4.69) is 35.1 Å². The minimum atomic E-state index is -3.57. The minimum absolute atomic E-state index is 0.0700. The van der Waals surface area contributed by atoms with Crippen molar-refractivity contribution in [3.05, 3.63) is 22.4 Å². The first-order valence-electron chi connectivity index (χ1n) is 20.5. The van der Waals surface area contributed by atoms with Crippen molar-refractivity contribution in [2.75, 3.05) is 12.3 Å². The fraction of sp³-hybridized carbons (Fsp3) is 0.780. The predicted molar refractivity (Wildman–Crippen MR) is 213 cm³/mol. The number of sulfone groups is 1. The zero-order chi connectivity index (χ0) is 40.0. The average molecular weight is 802 g/mol. The lowest BCUT2D eigenvalue weighted by molar-refractivity contribution is -0.146. The lowest BCUT2D eigenvalue weighted by atomic mass is 9.70. The fourth-order valence-corrected chi connectivity index (χ4v) is 11.9. The Morgan fingerprint density at radius 3 is 2.15 bits per heavy atom. The summed E-state index contributed by atoms with van der Waals surface area (Å²) in [6.45, 7) is 11.8. The molecular formula is C41H63N5O7S2. The second kappa shape index (κ2) is 15.7. The van der Waals surface area contributed by atoms with Gasteiger partial charge in [0.2, 0.25) is 17.6 Å². The van der Waals surface area contributed by atoms with Crippen LogP contribution in [0.3, 0.4) is 0 Å². The van der Waals surface area contributed by atoms with E-state index >= 15 is 4.79 Å². The fourth-order valence-electron chi connectivity index (χ4n) is 9.68. The first-order valence-corrected chi connectivity index (χ1v) is 23.1. The molecule has 5 atom stereocenters. The van der Waals surface area contributed by atoms with Crippen molar-refractivity contribution >= 4 is 50.7 Å². The van der Waals surface area contributed by atoms with Crippen LogP contribution < -0.4 is 21.3 Å². The van der Waals surface area contributed by atoms with Gasteiger partial charge in [-0.2, -0.15) is 0 Å². The zero-order valence-electron chi connectivity index (χ0n) is 33.6. The van der Waals surface area contributed by atoms with Gasteiger partial charge in [-0.15, -0.1) is 11.3 Å². The average Bonchev–Trinajstić information content (AvgIpc) is 3.82. The van der Waals surface area contributed by atoms with Crippen molar-refractivity contribution in [2.45, 2.75) is 160 Å². The number of rotatable bonds is 14. The quantitative estimate of drug-likeness (QED) is 0.186. The summed E-state index contributed by atoms with van der Waals surface area (Å²) in [7, 11) is -3.57. The first-order chi connectivity index (χ1) is 25.8. The van der Waals surface area contributed by atoms with Crippen LogP contribution in [0.1, 0.15) is 130 Å². The Hall–Kier alpha value is -3.00. The van der Waals surface area contributed by atoms with Gasteiger partial charge in [0.1, 0.15) is 12.1 Å². The maximum atomic E-state index is 15.0. The van der Waals surface area contributed by atoms with Crippen LogP contribution in [-0.2, 0) is 35.6 Å². The molecule has 4 saturated carbocycles. The maximum Gasteiger partial charge on any atom is 0.315 e. The van der Waals surface area contributed by atoms with Gasteiger partial charge < -0.3 is 26.2 Å². The molecule has 2 heterocycles. The molecule has 1 aromatic rings. The van der Waals surface area contributed by atoms with Crippen molar-refractivity contribution in [1.82, 2.24) is 26.2 Å². The van der Waals surface area contributed by atoms with Crippen molar-refractivity contribution in [3.8, 4) is 0 Å². The zero-order valence-corrected chi connectivity index (χ0v) is 35.3. The molecule has 306 valence electrons. The van der Waals surface area contributed by atoms with Gasteiger partial charge in [0.05, 0.1) is 28.6 Å². The Morgan fingerprint density at radius 1 is 0.927 bits per heavy atom. The number of nitrogens with one attached hydrogen (secondary N) is 4. The van der Waals surface area contributed by atoms with E-state index in [1.54, 1.807) is 25.7 Å². The molecule has 4 aliphatic carbocycles. The third kappa shape index (κ3) is 9.10. The predicted octanol–water partition coefficient (Wildman–Crippen LogP) is 5.26. The Bertz CT molecular complexity index is 1720. The Labute approximate surface area is 331 Å². The summed E-state index contributed by atoms with van der Waals surface area (Å²) in [5, 5.41) is 13.7. The molecule has 0 aromatic carbocycles. The van der Waals surface area contributed by atoms with Crippen LogP contribution in [0.2, 0.25) is 0 Å². The highest BCUT2D eigenvalue weighted by Crippen LogP contribution is 2.65. The second-order valence-corrected chi connectivity index (χ2v) is 23.0. The van der Waals surface area contributed by atoms with Crippen LogP contribution in [-0.4, -0.2) is 83.6 Å². The summed E-state index contributed by atoms with van der Waals surface area (Å²) in [6.07, 6.45) is 10.1. The van der Waals surface area contributed by atoms with Gasteiger partial charge >= 0.3 is 6.03 Å². The molecule has 1 aromatic heterocycles. The van der Waals surface area contributed by atoms with Crippen molar-refractivity contribution < 1.29 is 32.4 Å². The molecule has 6 rings (SSSR count). The molecule has 5 fully saturated rings.